The van der Waals surface area contributed by atoms with Gasteiger partial charge >= 0.3 is 338 Å². The molecule has 0 amide bonds. The van der Waals surface area contributed by atoms with Crippen molar-refractivity contribution in [2.24, 2.45) is 0 Å². The molecule has 0 atom stereocenters. The quantitative estimate of drug-likeness (QED) is 0.179. The summed E-state index contributed by atoms with van der Waals surface area (Å²) in [5.74, 6) is 0. The third kappa shape index (κ3) is 7.05. The number of alkyl halides is 6. The third-order valence-electron chi connectivity index (χ3n) is 10.1. The molecule has 0 saturated heterocycles. The van der Waals surface area contributed by atoms with Crippen LogP contribution >= 0.6 is 86.6 Å². The Morgan fingerprint density at radius 3 is 1.28 bits per heavy atom. The number of fused-ring (bicyclic) bond motifs is 3. The predicted octanol–water partition coefficient (Wildman–Crippen LogP) is 15.2. The molecule has 2 aliphatic carbocycles. The summed E-state index contributed by atoms with van der Waals surface area (Å²) in [7, 11) is 17.6. The first kappa shape index (κ1) is 39.1. The van der Waals surface area contributed by atoms with Crippen molar-refractivity contribution < 1.29 is 15.9 Å². The van der Waals surface area contributed by atoms with Crippen molar-refractivity contribution in [2.45, 2.75) is 67.2 Å². The van der Waals surface area contributed by atoms with E-state index in [9.17, 15) is 0 Å². The fourth-order valence-electron chi connectivity index (χ4n) is 7.47. The van der Waals surface area contributed by atoms with Crippen molar-refractivity contribution in [1.29, 1.82) is 0 Å². The molecule has 0 N–H and O–H groups in total. The Kier molecular flexibility index (Phi) is 10.4. The van der Waals surface area contributed by atoms with E-state index in [0.29, 0.717) is 11.1 Å². The molecule has 2 aliphatic rings. The fraction of sp³-hybridized carbons (Fsp3) is 0.293. The van der Waals surface area contributed by atoms with E-state index in [4.69, 9.17) is 86.6 Å². The summed E-state index contributed by atoms with van der Waals surface area (Å²) < 4.78 is -3.24. The fourth-order valence-corrected chi connectivity index (χ4v) is 27.5. The zero-order valence-corrected chi connectivity index (χ0v) is 37.1. The van der Waals surface area contributed by atoms with E-state index in [1.54, 1.807) is 12.1 Å². The van der Waals surface area contributed by atoms with E-state index in [2.05, 4.69) is 90.1 Å². The second-order valence-corrected chi connectivity index (χ2v) is 40.8. The number of hydrogen-bond donors (Lipinski definition) is 0. The van der Waals surface area contributed by atoms with Gasteiger partial charge in [0.25, 0.3) is 0 Å². The topological polar surface area (TPSA) is 0 Å². The molecular formula is C41H38Cl8Zr. The first-order valence-corrected chi connectivity index (χ1v) is 29.1. The second-order valence-electron chi connectivity index (χ2n) is 15.5. The molecule has 6 rings (SSSR count). The maximum atomic E-state index is 8.80. The zero-order valence-electron chi connectivity index (χ0n) is 28.6. The van der Waals surface area contributed by atoms with E-state index in [1.807, 2.05) is 48.6 Å². The van der Waals surface area contributed by atoms with E-state index < -0.39 is 23.5 Å². The third-order valence-corrected chi connectivity index (χ3v) is 31.0. The summed E-state index contributed by atoms with van der Waals surface area (Å²) in [6.45, 7) is 13.3. The summed E-state index contributed by atoms with van der Waals surface area (Å²) in [6.07, 6.45) is 8.34. The van der Waals surface area contributed by atoms with Crippen molar-refractivity contribution in [3.63, 3.8) is 0 Å². The van der Waals surface area contributed by atoms with Gasteiger partial charge in [-0.1, -0.05) is 0 Å². The van der Waals surface area contributed by atoms with Crippen molar-refractivity contribution >= 4 is 89.8 Å². The maximum absolute atomic E-state index is 8.80. The number of halogens is 8. The minimum atomic E-state index is -5.81. The van der Waals surface area contributed by atoms with Crippen LogP contribution in [0.25, 0.3) is 11.1 Å². The molecule has 262 valence electrons. The molecule has 4 aromatic carbocycles. The molecule has 0 aliphatic heterocycles. The van der Waals surface area contributed by atoms with Crippen LogP contribution in [0.15, 0.2) is 109 Å². The molecule has 0 unspecified atom stereocenters. The first-order chi connectivity index (χ1) is 23.0. The van der Waals surface area contributed by atoms with E-state index in [0.717, 1.165) is 36.6 Å². The average molecular weight is 906 g/mol. The summed E-state index contributed by atoms with van der Waals surface area (Å²) >= 11 is 33.3. The molecule has 0 heterocycles. The molecule has 9 heteroatoms. The van der Waals surface area contributed by atoms with Gasteiger partial charge in [0.05, 0.1) is 0 Å². The Morgan fingerprint density at radius 1 is 0.520 bits per heavy atom. The summed E-state index contributed by atoms with van der Waals surface area (Å²) in [4.78, 5) is 0. The second kappa shape index (κ2) is 13.3. The molecule has 0 fully saturated rings. The summed E-state index contributed by atoms with van der Waals surface area (Å²) in [5.41, 5.74) is 9.18. The summed E-state index contributed by atoms with van der Waals surface area (Å²) in [6, 6.07) is 28.7. The molecule has 4 aromatic rings. The van der Waals surface area contributed by atoms with Crippen molar-refractivity contribution in [2.75, 3.05) is 0 Å². The standard InChI is InChI=1S/C21H25.C15H8Cl6.C5H5.2ClH.Zr/c1-20(2,3)16-7-9-18-14(12-16)11-15-13-17(21(4,5)6)8-10-19(15)18;16-14(17,18)12-5-1-3-10(8-12)7-11-4-2-6-13(9-11)15(19,20)21;1-2-4-5-3-1;;;/h7-13H,1-6H3;1-6,8-9H;1-5H;2*1H;/q;;;;;+2/p-2. The van der Waals surface area contributed by atoms with E-state index >= 15 is 0 Å². The molecular weight excluding hydrogens is 867 g/mol. The summed E-state index contributed by atoms with van der Waals surface area (Å²) in [5, 5.41) is 0. The molecule has 0 spiro atoms. The van der Waals surface area contributed by atoms with Gasteiger partial charge in [0.15, 0.2) is 0 Å². The van der Waals surface area contributed by atoms with Crippen LogP contribution in [0.3, 0.4) is 0 Å². The Bertz CT molecular complexity index is 1990. The van der Waals surface area contributed by atoms with Crippen molar-refractivity contribution in [3.05, 3.63) is 154 Å². The number of rotatable bonds is 4. The van der Waals surface area contributed by atoms with Gasteiger partial charge < -0.3 is 0 Å². The van der Waals surface area contributed by atoms with Gasteiger partial charge in [-0.15, -0.1) is 0 Å². The van der Waals surface area contributed by atoms with E-state index in [-0.39, 0.29) is 18.1 Å². The Labute approximate surface area is 334 Å². The van der Waals surface area contributed by atoms with Crippen LogP contribution in [0.2, 0.25) is 3.63 Å². The van der Waals surface area contributed by atoms with Crippen LogP contribution in [0, 0.1) is 0 Å². The molecule has 0 bridgehead atoms. The Hall–Kier alpha value is -0.567. The molecule has 0 saturated carbocycles. The van der Waals surface area contributed by atoms with Gasteiger partial charge in [-0.2, -0.15) is 0 Å². The Morgan fingerprint density at radius 2 is 0.920 bits per heavy atom. The molecule has 0 aromatic heterocycles. The molecule has 0 radical (unpaired) electrons. The van der Waals surface area contributed by atoms with Gasteiger partial charge in [-0.3, -0.25) is 0 Å². The first-order valence-electron chi connectivity index (χ1n) is 16.5. The van der Waals surface area contributed by atoms with Crippen LogP contribution in [0.4, 0.5) is 0 Å². The zero-order chi connectivity index (χ0) is 36.7. The predicted molar refractivity (Wildman–Crippen MR) is 219 cm³/mol. The van der Waals surface area contributed by atoms with Crippen LogP contribution in [0.5, 0.6) is 0 Å². The number of allylic oxidation sites excluding steroid dienone is 4. The molecule has 0 nitrogen and oxygen atoms in total. The van der Waals surface area contributed by atoms with Gasteiger partial charge in [-0.05, 0) is 0 Å². The average Bonchev–Trinajstić information content (AvgIpc) is 3.67. The van der Waals surface area contributed by atoms with E-state index in [1.165, 1.54) is 11.1 Å². The van der Waals surface area contributed by atoms with Gasteiger partial charge in [0, 0.05) is 0 Å². The monoisotopic (exact) mass is 900 g/mol. The van der Waals surface area contributed by atoms with Crippen LogP contribution in [0.1, 0.15) is 89.7 Å². The van der Waals surface area contributed by atoms with Gasteiger partial charge in [0.1, 0.15) is 0 Å². The van der Waals surface area contributed by atoms with Crippen LogP contribution < -0.4 is 0 Å². The number of benzene rings is 4. The van der Waals surface area contributed by atoms with Crippen molar-refractivity contribution in [1.82, 2.24) is 0 Å². The Balaban J connectivity index is 1.88. The number of hydrogen-bond acceptors (Lipinski definition) is 0. The van der Waals surface area contributed by atoms with Crippen molar-refractivity contribution in [3.8, 4) is 11.1 Å². The van der Waals surface area contributed by atoms with Gasteiger partial charge in [-0.25, -0.2) is 0 Å². The van der Waals surface area contributed by atoms with Crippen LogP contribution in [-0.4, -0.2) is 3.21 Å². The normalized spacial score (nSPS) is 15.8. The SMILES string of the molecule is CC(C)(C)c1ccc2c(c1)[CH]([Zr]([Cl])([Cl])(=[C](c1cccc(C(Cl)(Cl)Cl)c1)c1cccc(C(Cl)(Cl)Cl)c1)[CH]1C=CC=C1)c1cc(C(C)(C)C)ccc1-2. The molecule has 50 heavy (non-hydrogen) atoms. The van der Waals surface area contributed by atoms with Gasteiger partial charge in [0.2, 0.25) is 0 Å². The minimum absolute atomic E-state index is 0.119. The van der Waals surface area contributed by atoms with Crippen LogP contribution in [-0.2, 0) is 34.3 Å².